The van der Waals surface area contributed by atoms with Crippen LogP contribution in [0, 0.1) is 0 Å². The molecule has 0 aromatic carbocycles. The van der Waals surface area contributed by atoms with Gasteiger partial charge in [-0.3, -0.25) is 16.3 Å². The number of nitrogens with two attached hydrogens (primary N) is 1. The molecule has 1 unspecified atom stereocenters. The molecule has 5 heteroatoms. The number of aryl methyl sites for hydroxylation is 1. The Kier molecular flexibility index (Phi) is 3.71. The van der Waals surface area contributed by atoms with Crippen molar-refractivity contribution in [2.24, 2.45) is 5.84 Å². The highest BCUT2D eigenvalue weighted by atomic mass is 32.1. The highest BCUT2D eigenvalue weighted by Gasteiger charge is 2.16. The van der Waals surface area contributed by atoms with E-state index in [2.05, 4.69) is 17.3 Å². The van der Waals surface area contributed by atoms with Gasteiger partial charge < -0.3 is 4.42 Å². The van der Waals surface area contributed by atoms with Crippen molar-refractivity contribution < 1.29 is 4.42 Å². The van der Waals surface area contributed by atoms with E-state index in [4.69, 9.17) is 10.3 Å². The van der Waals surface area contributed by atoms with E-state index in [1.165, 1.54) is 4.88 Å². The van der Waals surface area contributed by atoms with E-state index < -0.39 is 0 Å². The van der Waals surface area contributed by atoms with Gasteiger partial charge in [-0.15, -0.1) is 11.3 Å². The molecule has 0 saturated heterocycles. The molecule has 0 radical (unpaired) electrons. The molecule has 0 spiro atoms. The van der Waals surface area contributed by atoms with Gasteiger partial charge in [-0.25, -0.2) is 0 Å². The third-order valence-corrected chi connectivity index (χ3v) is 3.37. The van der Waals surface area contributed by atoms with Crippen molar-refractivity contribution in [2.75, 3.05) is 0 Å². The number of nitrogens with one attached hydrogen (secondary N) is 1. The predicted octanol–water partition coefficient (Wildman–Crippen LogP) is 2.05. The molecule has 16 heavy (non-hydrogen) atoms. The number of hydrogen-bond acceptors (Lipinski definition) is 5. The Balaban J connectivity index is 2.16. The summed E-state index contributed by atoms with van der Waals surface area (Å²) < 4.78 is 5.41. The summed E-state index contributed by atoms with van der Waals surface area (Å²) in [6, 6.07) is 2.07. The predicted molar refractivity (Wildman–Crippen MR) is 64.0 cm³/mol. The maximum Gasteiger partial charge on any atom is 0.108 e. The van der Waals surface area contributed by atoms with Gasteiger partial charge in [-0.2, -0.15) is 0 Å². The third kappa shape index (κ3) is 2.32. The van der Waals surface area contributed by atoms with Crippen LogP contribution in [0.4, 0.5) is 0 Å². The van der Waals surface area contributed by atoms with Gasteiger partial charge in [-0.05, 0) is 6.07 Å². The van der Waals surface area contributed by atoms with Crippen LogP contribution in [-0.4, -0.2) is 4.98 Å². The summed E-state index contributed by atoms with van der Waals surface area (Å²) in [4.78, 5) is 5.27. The maximum absolute atomic E-state index is 5.60. The molecule has 86 valence electrons. The average Bonchev–Trinajstić information content (AvgIpc) is 2.96. The van der Waals surface area contributed by atoms with Crippen LogP contribution in [0.2, 0.25) is 0 Å². The molecule has 1 atom stereocenters. The molecule has 0 bridgehead atoms. The first-order valence-corrected chi connectivity index (χ1v) is 6.12. The Morgan fingerprint density at radius 1 is 1.62 bits per heavy atom. The Morgan fingerprint density at radius 2 is 2.50 bits per heavy atom. The van der Waals surface area contributed by atoms with E-state index in [0.29, 0.717) is 0 Å². The van der Waals surface area contributed by atoms with Crippen LogP contribution in [0.25, 0.3) is 0 Å². The van der Waals surface area contributed by atoms with Gasteiger partial charge in [0.1, 0.15) is 5.76 Å². The first kappa shape index (κ1) is 11.3. The fourth-order valence-corrected chi connectivity index (χ4v) is 2.39. The lowest BCUT2D eigenvalue weighted by Crippen LogP contribution is -2.29. The lowest BCUT2D eigenvalue weighted by atomic mass is 10.0. The van der Waals surface area contributed by atoms with Gasteiger partial charge in [0.15, 0.2) is 0 Å². The Bertz CT molecular complexity index is 424. The second kappa shape index (κ2) is 5.25. The molecule has 3 N–H and O–H groups in total. The number of thiazole rings is 1. The Morgan fingerprint density at radius 3 is 3.12 bits per heavy atom. The topological polar surface area (TPSA) is 64.1 Å². The van der Waals surface area contributed by atoms with Crippen LogP contribution in [-0.2, 0) is 12.8 Å². The van der Waals surface area contributed by atoms with Crippen molar-refractivity contribution in [3.63, 3.8) is 0 Å². The minimum Gasteiger partial charge on any atom is -0.469 e. The molecule has 0 aliphatic heterocycles. The van der Waals surface area contributed by atoms with Gasteiger partial charge >= 0.3 is 0 Å². The van der Waals surface area contributed by atoms with E-state index in [9.17, 15) is 0 Å². The Hall–Kier alpha value is -1.17. The lowest BCUT2D eigenvalue weighted by Gasteiger charge is -2.14. The highest BCUT2D eigenvalue weighted by molar-refractivity contribution is 7.09. The zero-order valence-electron chi connectivity index (χ0n) is 9.14. The van der Waals surface area contributed by atoms with Gasteiger partial charge in [0, 0.05) is 29.5 Å². The van der Waals surface area contributed by atoms with Gasteiger partial charge in [-0.1, -0.05) is 6.92 Å². The number of rotatable bonds is 5. The maximum atomic E-state index is 5.60. The highest BCUT2D eigenvalue weighted by Crippen LogP contribution is 2.24. The van der Waals surface area contributed by atoms with E-state index in [0.717, 1.165) is 24.2 Å². The van der Waals surface area contributed by atoms with E-state index in [1.807, 2.05) is 17.8 Å². The zero-order valence-corrected chi connectivity index (χ0v) is 9.96. The minimum atomic E-state index is 0.0918. The van der Waals surface area contributed by atoms with Crippen molar-refractivity contribution in [1.82, 2.24) is 10.4 Å². The quantitative estimate of drug-likeness (QED) is 0.617. The smallest absolute Gasteiger partial charge is 0.108 e. The molecule has 0 aliphatic rings. The summed E-state index contributed by atoms with van der Waals surface area (Å²) in [5.41, 5.74) is 5.81. The molecule has 0 fully saturated rings. The van der Waals surface area contributed by atoms with Crippen molar-refractivity contribution in [3.8, 4) is 0 Å². The average molecular weight is 237 g/mol. The van der Waals surface area contributed by atoms with E-state index in [1.54, 1.807) is 17.6 Å². The zero-order chi connectivity index (χ0) is 11.4. The number of nitrogens with zero attached hydrogens (tertiary/aromatic N) is 1. The van der Waals surface area contributed by atoms with Crippen molar-refractivity contribution in [3.05, 3.63) is 40.2 Å². The SMILES string of the molecule is CCc1occc1C(Cc1cncs1)NN. The van der Waals surface area contributed by atoms with Crippen molar-refractivity contribution >= 4 is 11.3 Å². The van der Waals surface area contributed by atoms with Crippen LogP contribution in [0.1, 0.15) is 29.2 Å². The number of hydrogen-bond donors (Lipinski definition) is 2. The normalized spacial score (nSPS) is 12.9. The molecular weight excluding hydrogens is 222 g/mol. The molecule has 0 amide bonds. The van der Waals surface area contributed by atoms with E-state index in [-0.39, 0.29) is 6.04 Å². The summed E-state index contributed by atoms with van der Waals surface area (Å²) >= 11 is 1.64. The van der Waals surface area contributed by atoms with Crippen LogP contribution < -0.4 is 11.3 Å². The van der Waals surface area contributed by atoms with Crippen LogP contribution in [0.5, 0.6) is 0 Å². The fourth-order valence-electron chi connectivity index (χ4n) is 1.75. The standard InChI is InChI=1S/C11H15N3OS/c1-2-11-9(3-4-15-11)10(14-12)5-8-6-13-7-16-8/h3-4,6-7,10,14H,2,5,12H2,1H3. The molecular formula is C11H15N3OS. The number of aromatic nitrogens is 1. The van der Waals surface area contributed by atoms with Crippen LogP contribution in [0.15, 0.2) is 28.5 Å². The van der Waals surface area contributed by atoms with Gasteiger partial charge in [0.25, 0.3) is 0 Å². The van der Waals surface area contributed by atoms with Crippen LogP contribution >= 0.6 is 11.3 Å². The van der Waals surface area contributed by atoms with Crippen LogP contribution in [0.3, 0.4) is 0 Å². The fraction of sp³-hybridized carbons (Fsp3) is 0.364. The summed E-state index contributed by atoms with van der Waals surface area (Å²) in [6.07, 6.45) is 5.31. The summed E-state index contributed by atoms with van der Waals surface area (Å²) in [7, 11) is 0. The summed E-state index contributed by atoms with van der Waals surface area (Å²) in [5.74, 6) is 6.59. The summed E-state index contributed by atoms with van der Waals surface area (Å²) in [6.45, 7) is 2.07. The molecule has 4 nitrogen and oxygen atoms in total. The molecule has 2 rings (SSSR count). The second-order valence-corrected chi connectivity index (χ2v) is 4.51. The summed E-state index contributed by atoms with van der Waals surface area (Å²) in [5, 5.41) is 0. The Labute approximate surface area is 98.5 Å². The first-order valence-electron chi connectivity index (χ1n) is 5.25. The lowest BCUT2D eigenvalue weighted by molar-refractivity contribution is 0.488. The monoisotopic (exact) mass is 237 g/mol. The van der Waals surface area contributed by atoms with Gasteiger partial charge in [0.05, 0.1) is 17.8 Å². The third-order valence-electron chi connectivity index (χ3n) is 2.57. The van der Waals surface area contributed by atoms with Crippen molar-refractivity contribution in [1.29, 1.82) is 0 Å². The molecule has 0 saturated carbocycles. The minimum absolute atomic E-state index is 0.0918. The largest absolute Gasteiger partial charge is 0.469 e. The second-order valence-electron chi connectivity index (χ2n) is 3.54. The van der Waals surface area contributed by atoms with Crippen molar-refractivity contribution in [2.45, 2.75) is 25.8 Å². The van der Waals surface area contributed by atoms with Gasteiger partial charge in [0.2, 0.25) is 0 Å². The van der Waals surface area contributed by atoms with E-state index >= 15 is 0 Å². The molecule has 0 aliphatic carbocycles. The molecule has 2 aromatic rings. The molecule has 2 heterocycles. The first-order chi connectivity index (χ1) is 7.85. The number of hydrazine groups is 1. The molecule has 2 aromatic heterocycles. The number of furan rings is 1.